The van der Waals surface area contributed by atoms with Crippen LogP contribution in [-0.4, -0.2) is 32.2 Å². The van der Waals surface area contributed by atoms with Gasteiger partial charge in [0.05, 0.1) is 30.0 Å². The number of nitrogens with one attached hydrogen (secondary N) is 1. The largest absolute Gasteiger partial charge is 0.489 e. The number of aliphatic imine (C=N–C) groups is 1. The molecule has 1 N–H and O–H groups in total. The van der Waals surface area contributed by atoms with Gasteiger partial charge in [0.1, 0.15) is 12.4 Å². The average Bonchev–Trinajstić information content (AvgIpc) is 3.37. The van der Waals surface area contributed by atoms with Crippen molar-refractivity contribution in [3.63, 3.8) is 0 Å². The van der Waals surface area contributed by atoms with Gasteiger partial charge >= 0.3 is 12.4 Å². The highest BCUT2D eigenvalue weighted by Crippen LogP contribution is 2.38. The smallest absolute Gasteiger partial charge is 0.419 e. The molecular formula is C26H26F6N2O2. The molecule has 2 aromatic carbocycles. The summed E-state index contributed by atoms with van der Waals surface area (Å²) in [5.74, 6) is -0.00184. The van der Waals surface area contributed by atoms with Crippen LogP contribution in [-0.2, 0) is 17.1 Å². The second-order valence-corrected chi connectivity index (χ2v) is 8.02. The SMILES string of the molecule is C/C=C(\N=C(OC)C1CCCN1)c1ccc(OC/C=C/c2cccc(C(F)(F)F)c2)c(C(F)(F)F)c1. The molecular weight excluding hydrogens is 486 g/mol. The topological polar surface area (TPSA) is 42.8 Å². The Morgan fingerprint density at radius 1 is 1.08 bits per heavy atom. The molecule has 4 nitrogen and oxygen atoms in total. The quantitative estimate of drug-likeness (QED) is 0.247. The lowest BCUT2D eigenvalue weighted by Crippen LogP contribution is -2.32. The van der Waals surface area contributed by atoms with E-state index in [0.717, 1.165) is 37.6 Å². The van der Waals surface area contributed by atoms with Crippen molar-refractivity contribution in [2.45, 2.75) is 38.2 Å². The molecule has 3 rings (SSSR count). The van der Waals surface area contributed by atoms with Gasteiger partial charge in [0.15, 0.2) is 0 Å². The summed E-state index contributed by atoms with van der Waals surface area (Å²) < 4.78 is 90.6. The zero-order valence-electron chi connectivity index (χ0n) is 19.7. The summed E-state index contributed by atoms with van der Waals surface area (Å²) in [6.45, 7) is 2.21. The fourth-order valence-electron chi connectivity index (χ4n) is 3.75. The molecule has 0 aliphatic carbocycles. The van der Waals surface area contributed by atoms with Crippen molar-refractivity contribution >= 4 is 17.7 Å². The van der Waals surface area contributed by atoms with Crippen molar-refractivity contribution in [3.8, 4) is 5.75 Å². The molecule has 0 saturated carbocycles. The first-order valence-corrected chi connectivity index (χ1v) is 11.2. The van der Waals surface area contributed by atoms with Gasteiger partial charge in [-0.1, -0.05) is 24.3 Å². The third kappa shape index (κ3) is 7.13. The predicted molar refractivity (Wildman–Crippen MR) is 127 cm³/mol. The fourth-order valence-corrected chi connectivity index (χ4v) is 3.75. The summed E-state index contributed by atoms with van der Waals surface area (Å²) >= 11 is 0. The third-order valence-corrected chi connectivity index (χ3v) is 5.51. The van der Waals surface area contributed by atoms with Gasteiger partial charge in [-0.25, -0.2) is 4.99 Å². The number of rotatable bonds is 7. The first-order valence-electron chi connectivity index (χ1n) is 11.2. The van der Waals surface area contributed by atoms with Crippen LogP contribution in [0.3, 0.4) is 0 Å². The maximum Gasteiger partial charge on any atom is 0.419 e. The molecule has 1 atom stereocenters. The highest BCUT2D eigenvalue weighted by Gasteiger charge is 2.35. The van der Waals surface area contributed by atoms with E-state index >= 15 is 0 Å². The van der Waals surface area contributed by atoms with Gasteiger partial charge in [0, 0.05) is 5.56 Å². The van der Waals surface area contributed by atoms with Gasteiger partial charge < -0.3 is 14.8 Å². The van der Waals surface area contributed by atoms with E-state index in [1.165, 1.54) is 43.5 Å². The highest BCUT2D eigenvalue weighted by atomic mass is 19.4. The Bertz CT molecular complexity index is 1130. The minimum Gasteiger partial charge on any atom is -0.489 e. The van der Waals surface area contributed by atoms with Crippen LogP contribution in [0.2, 0.25) is 0 Å². The molecule has 1 heterocycles. The normalized spacial score (nSPS) is 17.6. The minimum atomic E-state index is -4.70. The second kappa shape index (κ2) is 11.6. The number of benzene rings is 2. The standard InChI is InChI=1S/C26H26F6N2O2/c1-3-21(34-24(35-2)22-10-5-13-33-22)18-11-12-23(20(16-18)26(30,31)32)36-14-6-8-17-7-4-9-19(15-17)25(27,28)29/h3-4,6-9,11-12,15-16,22,33H,5,10,13-14H2,1-2H3/b8-6+,21-3-,34-24?. The van der Waals surface area contributed by atoms with E-state index in [-0.39, 0.29) is 23.8 Å². The number of alkyl halides is 6. The maximum atomic E-state index is 13.8. The number of nitrogens with zero attached hydrogens (tertiary/aromatic N) is 1. The summed E-state index contributed by atoms with van der Waals surface area (Å²) in [5.41, 5.74) is -0.990. The monoisotopic (exact) mass is 512 g/mol. The van der Waals surface area contributed by atoms with Gasteiger partial charge in [-0.3, -0.25) is 0 Å². The molecule has 1 aliphatic rings. The zero-order valence-corrected chi connectivity index (χ0v) is 19.7. The van der Waals surface area contributed by atoms with Gasteiger partial charge in [-0.2, -0.15) is 26.3 Å². The van der Waals surface area contributed by atoms with Crippen LogP contribution in [0, 0.1) is 0 Å². The Kier molecular flexibility index (Phi) is 8.84. The summed E-state index contributed by atoms with van der Waals surface area (Å²) in [7, 11) is 1.47. The second-order valence-electron chi connectivity index (χ2n) is 8.02. The van der Waals surface area contributed by atoms with E-state index < -0.39 is 29.2 Å². The Labute approximate surface area is 205 Å². The third-order valence-electron chi connectivity index (χ3n) is 5.51. The first-order chi connectivity index (χ1) is 17.0. The summed E-state index contributed by atoms with van der Waals surface area (Å²) in [5, 5.41) is 3.24. The number of hydrogen-bond acceptors (Lipinski definition) is 4. The summed E-state index contributed by atoms with van der Waals surface area (Å²) in [6.07, 6.45) is -3.12. The Morgan fingerprint density at radius 3 is 2.47 bits per heavy atom. The summed E-state index contributed by atoms with van der Waals surface area (Å²) in [4.78, 5) is 4.45. The van der Waals surface area contributed by atoms with Gasteiger partial charge in [0.2, 0.25) is 5.90 Å². The number of hydrogen-bond donors (Lipinski definition) is 1. The van der Waals surface area contributed by atoms with E-state index in [4.69, 9.17) is 9.47 Å². The van der Waals surface area contributed by atoms with Crippen molar-refractivity contribution in [2.24, 2.45) is 4.99 Å². The minimum absolute atomic E-state index is 0.0988. The van der Waals surface area contributed by atoms with E-state index in [1.807, 2.05) is 0 Å². The number of halogens is 6. The van der Waals surface area contributed by atoms with Gasteiger partial charge in [-0.05, 0) is 68.3 Å². The van der Waals surface area contributed by atoms with E-state index in [1.54, 1.807) is 13.0 Å². The van der Waals surface area contributed by atoms with Crippen molar-refractivity contribution in [1.82, 2.24) is 5.32 Å². The molecule has 0 radical (unpaired) electrons. The number of methoxy groups -OCH3 is 1. The molecule has 10 heteroatoms. The lowest BCUT2D eigenvalue weighted by atomic mass is 10.1. The van der Waals surface area contributed by atoms with Crippen LogP contribution in [0.4, 0.5) is 26.3 Å². The highest BCUT2D eigenvalue weighted by molar-refractivity contribution is 5.88. The molecule has 1 saturated heterocycles. The van der Waals surface area contributed by atoms with Gasteiger partial charge in [-0.15, -0.1) is 0 Å². The molecule has 0 spiro atoms. The average molecular weight is 512 g/mol. The van der Waals surface area contributed by atoms with Crippen LogP contribution in [0.25, 0.3) is 11.8 Å². The fraction of sp³-hybridized carbons (Fsp3) is 0.346. The Hall–Kier alpha value is -3.27. The molecule has 0 bridgehead atoms. The molecule has 2 aromatic rings. The zero-order chi connectivity index (χ0) is 26.3. The van der Waals surface area contributed by atoms with Gasteiger partial charge in [0.25, 0.3) is 0 Å². The van der Waals surface area contributed by atoms with Crippen LogP contribution in [0.15, 0.2) is 59.6 Å². The number of ether oxygens (including phenoxy) is 2. The van der Waals surface area contributed by atoms with Crippen LogP contribution >= 0.6 is 0 Å². The lowest BCUT2D eigenvalue weighted by molar-refractivity contribution is -0.139. The molecule has 1 unspecified atom stereocenters. The molecule has 194 valence electrons. The van der Waals surface area contributed by atoms with Crippen molar-refractivity contribution in [2.75, 3.05) is 20.3 Å². The number of allylic oxidation sites excluding steroid dienone is 1. The first kappa shape index (κ1) is 27.3. The molecule has 1 fully saturated rings. The van der Waals surface area contributed by atoms with Crippen molar-refractivity contribution in [1.29, 1.82) is 0 Å². The molecule has 0 aromatic heterocycles. The maximum absolute atomic E-state index is 13.8. The van der Waals surface area contributed by atoms with E-state index in [0.29, 0.717) is 11.6 Å². The molecule has 1 aliphatic heterocycles. The Morgan fingerprint density at radius 2 is 1.86 bits per heavy atom. The van der Waals surface area contributed by atoms with Crippen molar-refractivity contribution < 1.29 is 35.8 Å². The molecule has 36 heavy (non-hydrogen) atoms. The lowest BCUT2D eigenvalue weighted by Gasteiger charge is -2.16. The van der Waals surface area contributed by atoms with E-state index in [9.17, 15) is 26.3 Å². The van der Waals surface area contributed by atoms with Crippen molar-refractivity contribution in [3.05, 3.63) is 76.9 Å². The predicted octanol–water partition coefficient (Wildman–Crippen LogP) is 6.97. The summed E-state index contributed by atoms with van der Waals surface area (Å²) in [6, 6.07) is 8.12. The Balaban J connectivity index is 1.79. The van der Waals surface area contributed by atoms with Crippen LogP contribution < -0.4 is 10.1 Å². The van der Waals surface area contributed by atoms with Crippen LogP contribution in [0.5, 0.6) is 5.75 Å². The molecule has 0 amide bonds. The van der Waals surface area contributed by atoms with E-state index in [2.05, 4.69) is 10.3 Å². The van der Waals surface area contributed by atoms with Crippen LogP contribution in [0.1, 0.15) is 42.0 Å².